The van der Waals surface area contributed by atoms with Gasteiger partial charge in [0.15, 0.2) is 5.75 Å². The fourth-order valence-electron chi connectivity index (χ4n) is 2.82. The first-order chi connectivity index (χ1) is 14.4. The Kier molecular flexibility index (Phi) is 4.88. The second kappa shape index (κ2) is 7.66. The second-order valence-electron chi connectivity index (χ2n) is 6.26. The number of aromatic nitrogens is 3. The molecule has 2 aromatic heterocycles. The Bertz CT molecular complexity index is 1280. The number of fused-ring (bicyclic) bond motifs is 1. The molecule has 4 rings (SSSR count). The smallest absolute Gasteiger partial charge is 0.373 e. The number of nitrogens with one attached hydrogen (secondary N) is 1. The van der Waals surface area contributed by atoms with Gasteiger partial charge in [0, 0.05) is 17.1 Å². The van der Waals surface area contributed by atoms with Crippen molar-refractivity contribution in [2.24, 2.45) is 0 Å². The summed E-state index contributed by atoms with van der Waals surface area (Å²) >= 11 is 0. The van der Waals surface area contributed by atoms with Gasteiger partial charge in [0.2, 0.25) is 5.82 Å². The van der Waals surface area contributed by atoms with Gasteiger partial charge < -0.3 is 10.1 Å². The zero-order chi connectivity index (χ0) is 21.3. The quantitative estimate of drug-likeness (QED) is 0.363. The van der Waals surface area contributed by atoms with Crippen LogP contribution in [-0.4, -0.2) is 19.9 Å². The number of benzene rings is 2. The van der Waals surface area contributed by atoms with Crippen LogP contribution in [0.15, 0.2) is 54.9 Å². The molecule has 0 saturated carbocycles. The third-order valence-corrected chi connectivity index (χ3v) is 4.18. The molecular formula is C20H13F2N5O3. The van der Waals surface area contributed by atoms with Crippen molar-refractivity contribution in [2.45, 2.75) is 6.92 Å². The number of nitrogens with zero attached hydrogens (tertiary/aromatic N) is 4. The maximum absolute atomic E-state index is 14.0. The highest BCUT2D eigenvalue weighted by molar-refractivity contribution is 5.85. The summed E-state index contributed by atoms with van der Waals surface area (Å²) in [6, 6.07) is 11.6. The summed E-state index contributed by atoms with van der Waals surface area (Å²) in [5.41, 5.74) is 0.451. The molecule has 10 heteroatoms. The van der Waals surface area contributed by atoms with Crippen LogP contribution in [0.4, 0.5) is 26.0 Å². The number of para-hydroxylation sites is 1. The van der Waals surface area contributed by atoms with Gasteiger partial charge in [0.05, 0.1) is 10.6 Å². The summed E-state index contributed by atoms with van der Waals surface area (Å²) in [5, 5.41) is 15.0. The van der Waals surface area contributed by atoms with Gasteiger partial charge >= 0.3 is 11.6 Å². The van der Waals surface area contributed by atoms with Crippen molar-refractivity contribution in [3.05, 3.63) is 82.3 Å². The van der Waals surface area contributed by atoms with E-state index in [1.54, 1.807) is 12.1 Å². The van der Waals surface area contributed by atoms with Gasteiger partial charge in [-0.3, -0.25) is 10.1 Å². The number of ether oxygens (including phenoxy) is 1. The molecule has 0 spiro atoms. The van der Waals surface area contributed by atoms with Crippen LogP contribution in [0.5, 0.6) is 11.6 Å². The van der Waals surface area contributed by atoms with E-state index < -0.39 is 22.2 Å². The van der Waals surface area contributed by atoms with Crippen LogP contribution in [0.1, 0.15) is 5.69 Å². The van der Waals surface area contributed by atoms with Crippen molar-refractivity contribution in [1.82, 2.24) is 15.0 Å². The van der Waals surface area contributed by atoms with Crippen LogP contribution in [0.2, 0.25) is 0 Å². The molecule has 2 aromatic carbocycles. The van der Waals surface area contributed by atoms with E-state index in [0.29, 0.717) is 11.6 Å². The zero-order valence-electron chi connectivity index (χ0n) is 15.5. The van der Waals surface area contributed by atoms with Crippen LogP contribution in [-0.2, 0) is 0 Å². The fourth-order valence-corrected chi connectivity index (χ4v) is 2.82. The molecule has 0 atom stereocenters. The average molecular weight is 409 g/mol. The predicted octanol–water partition coefficient (Wildman–Crippen LogP) is 5.06. The minimum Gasteiger partial charge on any atom is -0.431 e. The van der Waals surface area contributed by atoms with Gasteiger partial charge in [-0.1, -0.05) is 18.2 Å². The monoisotopic (exact) mass is 409 g/mol. The number of halogens is 2. The third kappa shape index (κ3) is 3.70. The van der Waals surface area contributed by atoms with Crippen molar-refractivity contribution < 1.29 is 18.4 Å². The Labute approximate surface area is 168 Å². The first-order valence-electron chi connectivity index (χ1n) is 8.68. The maximum Gasteiger partial charge on any atom is 0.373 e. The molecule has 0 aliphatic heterocycles. The minimum atomic E-state index is -0.931. The van der Waals surface area contributed by atoms with Crippen LogP contribution >= 0.6 is 0 Å². The summed E-state index contributed by atoms with van der Waals surface area (Å²) in [5.74, 6) is -2.11. The van der Waals surface area contributed by atoms with E-state index in [4.69, 9.17) is 4.74 Å². The molecule has 0 unspecified atom stereocenters. The molecule has 8 nitrogen and oxygen atoms in total. The Morgan fingerprint density at radius 2 is 1.93 bits per heavy atom. The molecule has 150 valence electrons. The summed E-state index contributed by atoms with van der Waals surface area (Å²) < 4.78 is 32.8. The average Bonchev–Trinajstić information content (AvgIpc) is 2.70. The van der Waals surface area contributed by atoms with E-state index in [1.165, 1.54) is 0 Å². The number of aryl methyl sites for hydroxylation is 1. The van der Waals surface area contributed by atoms with Crippen molar-refractivity contribution in [3.8, 4) is 11.6 Å². The number of nitro groups is 1. The molecule has 0 amide bonds. The van der Waals surface area contributed by atoms with Crippen LogP contribution in [0, 0.1) is 28.7 Å². The highest BCUT2D eigenvalue weighted by Gasteiger charge is 2.26. The normalized spacial score (nSPS) is 10.8. The topological polar surface area (TPSA) is 103 Å². The van der Waals surface area contributed by atoms with E-state index >= 15 is 0 Å². The molecule has 0 aliphatic carbocycles. The molecule has 0 fully saturated rings. The molecule has 0 aliphatic rings. The molecule has 0 bridgehead atoms. The van der Waals surface area contributed by atoms with E-state index in [0.717, 1.165) is 29.5 Å². The molecule has 0 saturated heterocycles. The van der Waals surface area contributed by atoms with Crippen molar-refractivity contribution in [1.29, 1.82) is 0 Å². The first kappa shape index (κ1) is 19.1. The number of pyridine rings is 1. The highest BCUT2D eigenvalue weighted by Crippen LogP contribution is 2.37. The largest absolute Gasteiger partial charge is 0.431 e. The van der Waals surface area contributed by atoms with E-state index in [2.05, 4.69) is 20.3 Å². The molecule has 2 heterocycles. The summed E-state index contributed by atoms with van der Waals surface area (Å²) in [4.78, 5) is 23.1. The summed E-state index contributed by atoms with van der Waals surface area (Å²) in [7, 11) is 0. The highest BCUT2D eigenvalue weighted by atomic mass is 19.1. The Morgan fingerprint density at radius 3 is 2.70 bits per heavy atom. The lowest BCUT2D eigenvalue weighted by Gasteiger charge is -2.11. The van der Waals surface area contributed by atoms with Crippen molar-refractivity contribution >= 4 is 28.1 Å². The third-order valence-electron chi connectivity index (χ3n) is 4.18. The van der Waals surface area contributed by atoms with E-state index in [9.17, 15) is 18.9 Å². The molecule has 4 aromatic rings. The molecule has 0 radical (unpaired) electrons. The molecule has 30 heavy (non-hydrogen) atoms. The zero-order valence-corrected chi connectivity index (χ0v) is 15.5. The number of anilines is 2. The van der Waals surface area contributed by atoms with Crippen LogP contribution in [0.25, 0.3) is 10.9 Å². The van der Waals surface area contributed by atoms with Crippen molar-refractivity contribution in [2.75, 3.05) is 5.32 Å². The first-order valence-corrected chi connectivity index (χ1v) is 8.68. The lowest BCUT2D eigenvalue weighted by molar-refractivity contribution is -0.385. The second-order valence-corrected chi connectivity index (χ2v) is 6.26. The van der Waals surface area contributed by atoms with Gasteiger partial charge in [0.1, 0.15) is 23.5 Å². The lowest BCUT2D eigenvalue weighted by Crippen LogP contribution is -2.05. The van der Waals surface area contributed by atoms with Gasteiger partial charge in [-0.15, -0.1) is 0 Å². The van der Waals surface area contributed by atoms with Crippen molar-refractivity contribution in [3.63, 3.8) is 0 Å². The lowest BCUT2D eigenvalue weighted by atomic mass is 10.2. The Morgan fingerprint density at radius 1 is 1.10 bits per heavy atom. The Hall–Kier alpha value is -4.21. The van der Waals surface area contributed by atoms with Crippen LogP contribution < -0.4 is 10.1 Å². The number of hydrogen-bond acceptors (Lipinski definition) is 7. The van der Waals surface area contributed by atoms with Gasteiger partial charge in [-0.2, -0.15) is 4.98 Å². The SMILES string of the molecule is Cc1ccc2cccc(Oc3ncnc(Nc4ccc(F)cc4F)c3[N+](=O)[O-])c2n1. The van der Waals surface area contributed by atoms with Gasteiger partial charge in [-0.25, -0.2) is 18.7 Å². The minimum absolute atomic E-state index is 0.188. The number of rotatable bonds is 5. The standard InChI is InChI=1S/C20H13F2N5O3/c1-11-5-6-12-3-2-4-16(17(12)25-11)30-20-18(27(28)29)19(23-10-24-20)26-15-8-7-13(21)9-14(15)22/h2-10H,1H3,(H,23,24,26). The molecule has 1 N–H and O–H groups in total. The summed E-state index contributed by atoms with van der Waals surface area (Å²) in [6.45, 7) is 1.81. The maximum atomic E-state index is 14.0. The Balaban J connectivity index is 1.77. The fraction of sp³-hybridized carbons (Fsp3) is 0.0500. The molecular weight excluding hydrogens is 396 g/mol. The van der Waals surface area contributed by atoms with E-state index in [-0.39, 0.29) is 23.1 Å². The summed E-state index contributed by atoms with van der Waals surface area (Å²) in [6.07, 6.45) is 1.04. The van der Waals surface area contributed by atoms with E-state index in [1.807, 2.05) is 25.1 Å². The predicted molar refractivity (Wildman–Crippen MR) is 105 cm³/mol. The number of hydrogen-bond donors (Lipinski definition) is 1. The van der Waals surface area contributed by atoms with Crippen LogP contribution in [0.3, 0.4) is 0 Å². The van der Waals surface area contributed by atoms with Gasteiger partial charge in [0.25, 0.3) is 0 Å². The van der Waals surface area contributed by atoms with Gasteiger partial charge in [-0.05, 0) is 31.2 Å².